The Morgan fingerprint density at radius 1 is 1.50 bits per heavy atom. The fraction of sp³-hybridized carbons (Fsp3) is 0.562. The van der Waals surface area contributed by atoms with Crippen LogP contribution in [0.4, 0.5) is 0 Å². The molecule has 1 aliphatic heterocycles. The number of likely N-dealkylation sites (tertiary alicyclic amines) is 1. The number of hydrogen-bond donors (Lipinski definition) is 1. The number of β-amino-alcohol motifs (C(OH)–C–C–N with tert-alkyl or cyclic N) is 1. The first kappa shape index (κ1) is 15.0. The average molecular weight is 277 g/mol. The van der Waals surface area contributed by atoms with E-state index in [0.29, 0.717) is 13.1 Å². The molecule has 1 amide bonds. The molecule has 2 rings (SSSR count). The van der Waals surface area contributed by atoms with Gasteiger partial charge in [-0.25, -0.2) is 0 Å². The van der Waals surface area contributed by atoms with Crippen LogP contribution >= 0.6 is 0 Å². The number of ether oxygens (including phenoxy) is 1. The Kier molecular flexibility index (Phi) is 5.15. The number of carbonyl (C=O) groups excluding carboxylic acids is 1. The number of nitrogens with zero attached hydrogens (tertiary/aromatic N) is 1. The van der Waals surface area contributed by atoms with Crippen molar-refractivity contribution < 1.29 is 14.6 Å². The second-order valence-corrected chi connectivity index (χ2v) is 5.58. The molecule has 20 heavy (non-hydrogen) atoms. The number of amides is 1. The molecule has 2 atom stereocenters. The highest BCUT2D eigenvalue weighted by Crippen LogP contribution is 2.22. The van der Waals surface area contributed by atoms with Crippen molar-refractivity contribution in [2.45, 2.75) is 25.9 Å². The lowest BCUT2D eigenvalue weighted by Gasteiger charge is -2.36. The Morgan fingerprint density at radius 2 is 2.30 bits per heavy atom. The van der Waals surface area contributed by atoms with E-state index in [-0.39, 0.29) is 18.4 Å². The van der Waals surface area contributed by atoms with Gasteiger partial charge < -0.3 is 14.7 Å². The average Bonchev–Trinajstić information content (AvgIpc) is 2.41. The summed E-state index contributed by atoms with van der Waals surface area (Å²) >= 11 is 0. The van der Waals surface area contributed by atoms with Crippen molar-refractivity contribution in [3.05, 3.63) is 35.4 Å². The van der Waals surface area contributed by atoms with Crippen LogP contribution in [0.25, 0.3) is 0 Å². The van der Waals surface area contributed by atoms with Crippen LogP contribution in [0.1, 0.15) is 17.5 Å². The third-order valence-electron chi connectivity index (χ3n) is 3.92. The van der Waals surface area contributed by atoms with Gasteiger partial charge in [0.15, 0.2) is 0 Å². The van der Waals surface area contributed by atoms with Gasteiger partial charge in [-0.15, -0.1) is 0 Å². The molecule has 4 heteroatoms. The predicted molar refractivity (Wildman–Crippen MR) is 77.5 cm³/mol. The summed E-state index contributed by atoms with van der Waals surface area (Å²) in [4.78, 5) is 13.4. The molecule has 0 aliphatic carbocycles. The molecule has 1 aromatic rings. The number of hydrogen-bond acceptors (Lipinski definition) is 3. The topological polar surface area (TPSA) is 49.8 Å². The fourth-order valence-electron chi connectivity index (χ4n) is 2.80. The maximum absolute atomic E-state index is 11.7. The van der Waals surface area contributed by atoms with Crippen LogP contribution in [0.15, 0.2) is 24.3 Å². The third-order valence-corrected chi connectivity index (χ3v) is 3.92. The molecule has 0 saturated carbocycles. The smallest absolute Gasteiger partial charge is 0.248 e. The number of methoxy groups -OCH3 is 1. The summed E-state index contributed by atoms with van der Waals surface area (Å²) in [5, 5.41) is 10.3. The minimum absolute atomic E-state index is 0.0412. The van der Waals surface area contributed by atoms with Gasteiger partial charge in [0.2, 0.25) is 5.91 Å². The quantitative estimate of drug-likeness (QED) is 0.905. The van der Waals surface area contributed by atoms with Gasteiger partial charge in [-0.1, -0.05) is 29.8 Å². The number of benzene rings is 1. The third kappa shape index (κ3) is 3.81. The summed E-state index contributed by atoms with van der Waals surface area (Å²) in [7, 11) is 1.51. The lowest BCUT2D eigenvalue weighted by molar-refractivity contribution is -0.139. The molecule has 1 N–H and O–H groups in total. The van der Waals surface area contributed by atoms with Gasteiger partial charge in [0.05, 0.1) is 6.10 Å². The molecule has 0 aromatic heterocycles. The van der Waals surface area contributed by atoms with Gasteiger partial charge in [-0.2, -0.15) is 0 Å². The van der Waals surface area contributed by atoms with E-state index in [2.05, 4.69) is 25.1 Å². The standard InChI is InChI=1S/C16H23NO3/c1-12-4-3-5-13(8-12)9-14-6-7-17(10-15(14)18)16(19)11-20-2/h3-5,8,14-15,18H,6-7,9-11H2,1-2H3/t14-,15+/m1/s1. The number of aliphatic hydroxyl groups is 1. The Hall–Kier alpha value is -1.39. The zero-order valence-electron chi connectivity index (χ0n) is 12.2. The van der Waals surface area contributed by atoms with Crippen LogP contribution in [-0.2, 0) is 16.0 Å². The van der Waals surface area contributed by atoms with Crippen molar-refractivity contribution in [1.29, 1.82) is 0 Å². The second kappa shape index (κ2) is 6.86. The van der Waals surface area contributed by atoms with Crippen molar-refractivity contribution in [2.75, 3.05) is 26.8 Å². The maximum Gasteiger partial charge on any atom is 0.248 e. The fourth-order valence-corrected chi connectivity index (χ4v) is 2.80. The van der Waals surface area contributed by atoms with Gasteiger partial charge in [0.25, 0.3) is 0 Å². The van der Waals surface area contributed by atoms with Gasteiger partial charge in [0, 0.05) is 20.2 Å². The number of aryl methyl sites for hydroxylation is 1. The summed E-state index contributed by atoms with van der Waals surface area (Å²) in [6, 6.07) is 8.39. The van der Waals surface area contributed by atoms with Crippen molar-refractivity contribution in [3.63, 3.8) is 0 Å². The normalized spacial score (nSPS) is 22.9. The number of piperidine rings is 1. The molecule has 4 nitrogen and oxygen atoms in total. The second-order valence-electron chi connectivity index (χ2n) is 5.58. The van der Waals surface area contributed by atoms with Crippen LogP contribution in [0.5, 0.6) is 0 Å². The van der Waals surface area contributed by atoms with E-state index in [4.69, 9.17) is 4.74 Å². The van der Waals surface area contributed by atoms with Gasteiger partial charge in [0.1, 0.15) is 6.61 Å². The first-order chi connectivity index (χ1) is 9.60. The molecule has 0 radical (unpaired) electrons. The Morgan fingerprint density at radius 3 is 2.95 bits per heavy atom. The molecule has 1 aromatic carbocycles. The summed E-state index contributed by atoms with van der Waals surface area (Å²) in [6.07, 6.45) is 1.25. The molecular formula is C16H23NO3. The van der Waals surface area contributed by atoms with Crippen molar-refractivity contribution in [3.8, 4) is 0 Å². The van der Waals surface area contributed by atoms with Gasteiger partial charge in [-0.3, -0.25) is 4.79 Å². The minimum Gasteiger partial charge on any atom is -0.391 e. The molecule has 0 bridgehead atoms. The van der Waals surface area contributed by atoms with E-state index in [1.54, 1.807) is 4.90 Å². The van der Waals surface area contributed by atoms with E-state index in [1.165, 1.54) is 18.2 Å². The number of carbonyl (C=O) groups is 1. The van der Waals surface area contributed by atoms with Gasteiger partial charge in [-0.05, 0) is 31.2 Å². The highest BCUT2D eigenvalue weighted by Gasteiger charge is 2.29. The summed E-state index contributed by atoms with van der Waals surface area (Å²) in [5.41, 5.74) is 2.50. The lowest BCUT2D eigenvalue weighted by Crippen LogP contribution is -2.48. The molecule has 1 aliphatic rings. The first-order valence-corrected chi connectivity index (χ1v) is 7.10. The van der Waals surface area contributed by atoms with Crippen LogP contribution < -0.4 is 0 Å². The van der Waals surface area contributed by atoms with E-state index in [0.717, 1.165) is 12.8 Å². The Balaban J connectivity index is 1.91. The van der Waals surface area contributed by atoms with E-state index in [9.17, 15) is 9.90 Å². The molecule has 110 valence electrons. The SMILES string of the molecule is COCC(=O)N1CC[C@H](Cc2cccc(C)c2)[C@@H](O)C1. The van der Waals surface area contributed by atoms with Gasteiger partial charge >= 0.3 is 0 Å². The van der Waals surface area contributed by atoms with Crippen LogP contribution in [0, 0.1) is 12.8 Å². The highest BCUT2D eigenvalue weighted by molar-refractivity contribution is 5.77. The molecule has 1 heterocycles. The number of aliphatic hydroxyl groups excluding tert-OH is 1. The van der Waals surface area contributed by atoms with E-state index in [1.807, 2.05) is 6.07 Å². The Bertz CT molecular complexity index is 461. The van der Waals surface area contributed by atoms with Crippen molar-refractivity contribution in [1.82, 2.24) is 4.90 Å². The molecule has 1 fully saturated rings. The van der Waals surface area contributed by atoms with E-state index < -0.39 is 6.10 Å². The monoisotopic (exact) mass is 277 g/mol. The molecule has 0 spiro atoms. The zero-order valence-corrected chi connectivity index (χ0v) is 12.2. The summed E-state index contributed by atoms with van der Waals surface area (Å²) < 4.78 is 4.85. The van der Waals surface area contributed by atoms with Crippen LogP contribution in [0.3, 0.4) is 0 Å². The molecule has 1 saturated heterocycles. The zero-order chi connectivity index (χ0) is 14.5. The maximum atomic E-state index is 11.7. The van der Waals surface area contributed by atoms with Crippen LogP contribution in [0.2, 0.25) is 0 Å². The lowest BCUT2D eigenvalue weighted by atomic mass is 9.87. The van der Waals surface area contributed by atoms with Crippen LogP contribution in [-0.4, -0.2) is 48.8 Å². The minimum atomic E-state index is -0.454. The van der Waals surface area contributed by atoms with Crippen molar-refractivity contribution >= 4 is 5.91 Å². The number of rotatable bonds is 4. The highest BCUT2D eigenvalue weighted by atomic mass is 16.5. The summed E-state index contributed by atoms with van der Waals surface area (Å²) in [5.74, 6) is 0.184. The predicted octanol–water partition coefficient (Wildman–Crippen LogP) is 1.39. The first-order valence-electron chi connectivity index (χ1n) is 7.10. The largest absolute Gasteiger partial charge is 0.391 e. The summed E-state index contributed by atoms with van der Waals surface area (Å²) in [6.45, 7) is 3.29. The molecular weight excluding hydrogens is 254 g/mol. The Labute approximate surface area is 120 Å². The van der Waals surface area contributed by atoms with E-state index >= 15 is 0 Å². The molecule has 0 unspecified atom stereocenters. The van der Waals surface area contributed by atoms with Crippen molar-refractivity contribution in [2.24, 2.45) is 5.92 Å².